The lowest BCUT2D eigenvalue weighted by molar-refractivity contribution is -0.117. The summed E-state index contributed by atoms with van der Waals surface area (Å²) in [5.41, 5.74) is 8.03. The minimum absolute atomic E-state index is 0.0287. The molecule has 4 rings (SSSR count). The van der Waals surface area contributed by atoms with Crippen LogP contribution in [0.2, 0.25) is 0 Å². The Morgan fingerprint density at radius 2 is 1.81 bits per heavy atom. The normalized spacial score (nSPS) is 15.0. The molecule has 2 aromatic carbocycles. The summed E-state index contributed by atoms with van der Waals surface area (Å²) in [6, 6.07) is 17.2. The molecule has 0 fully saturated rings. The number of H-pyrrole nitrogens is 1. The number of anilines is 3. The number of hydrogen-bond donors (Lipinski definition) is 2. The van der Waals surface area contributed by atoms with Gasteiger partial charge in [-0.2, -0.15) is 0 Å². The first-order valence-electron chi connectivity index (χ1n) is 10.1. The minimum atomic E-state index is -0.614. The molecule has 2 heterocycles. The van der Waals surface area contributed by atoms with Crippen molar-refractivity contribution in [2.75, 3.05) is 29.1 Å². The Labute approximate surface area is 179 Å². The van der Waals surface area contributed by atoms with E-state index in [0.717, 1.165) is 23.2 Å². The molecule has 1 unspecified atom stereocenters. The first-order chi connectivity index (χ1) is 14.9. The van der Waals surface area contributed by atoms with Crippen LogP contribution in [0.15, 0.2) is 64.2 Å². The third-order valence-corrected chi connectivity index (χ3v) is 5.63. The molecule has 0 spiro atoms. The Kier molecular flexibility index (Phi) is 5.37. The number of likely N-dealkylation sites (N-methyl/N-ethyl adjacent to an activating group) is 1. The molecule has 0 aliphatic carbocycles. The number of nitrogens with two attached hydrogens (primary N) is 1. The Morgan fingerprint density at radius 3 is 2.55 bits per heavy atom. The number of carbonyl (C=O) groups is 1. The standard InChI is InChI=1S/C23H25N5O3/c1-15-12-17-10-6-7-11-18(17)28(15)19(29)14-26(2)20-21(24)27(23(31)25-22(20)30)13-16-8-4-3-5-9-16/h3-11,15H,12-14,24H2,1-2H3,(H,25,30,31). The quantitative estimate of drug-likeness (QED) is 0.653. The van der Waals surface area contributed by atoms with Gasteiger partial charge in [0, 0.05) is 18.8 Å². The van der Waals surface area contributed by atoms with Crippen LogP contribution in [0.3, 0.4) is 0 Å². The second-order valence-electron chi connectivity index (χ2n) is 7.87. The maximum absolute atomic E-state index is 13.1. The van der Waals surface area contributed by atoms with Crippen molar-refractivity contribution < 1.29 is 4.79 Å². The number of rotatable bonds is 5. The number of aromatic amines is 1. The van der Waals surface area contributed by atoms with Crippen molar-refractivity contribution in [3.8, 4) is 0 Å². The van der Waals surface area contributed by atoms with Crippen molar-refractivity contribution in [3.05, 3.63) is 86.6 Å². The fourth-order valence-corrected chi connectivity index (χ4v) is 4.17. The van der Waals surface area contributed by atoms with Crippen LogP contribution in [0.25, 0.3) is 0 Å². The largest absolute Gasteiger partial charge is 0.383 e. The first kappa shape index (κ1) is 20.5. The maximum atomic E-state index is 13.1. The molecule has 3 N–H and O–H groups in total. The van der Waals surface area contributed by atoms with Crippen LogP contribution in [0.5, 0.6) is 0 Å². The van der Waals surface area contributed by atoms with Crippen molar-refractivity contribution in [3.63, 3.8) is 0 Å². The van der Waals surface area contributed by atoms with E-state index in [0.29, 0.717) is 0 Å². The van der Waals surface area contributed by atoms with E-state index in [1.54, 1.807) is 11.9 Å². The molecule has 1 aromatic heterocycles. The molecule has 1 atom stereocenters. The van der Waals surface area contributed by atoms with Crippen LogP contribution in [0, 0.1) is 0 Å². The predicted molar refractivity (Wildman–Crippen MR) is 122 cm³/mol. The molecule has 1 amide bonds. The van der Waals surface area contributed by atoms with Gasteiger partial charge in [0.2, 0.25) is 5.91 Å². The number of nitrogen functional groups attached to an aromatic ring is 1. The van der Waals surface area contributed by atoms with Crippen molar-refractivity contribution in [1.29, 1.82) is 0 Å². The number of nitrogens with one attached hydrogen (secondary N) is 1. The van der Waals surface area contributed by atoms with E-state index in [-0.39, 0.29) is 36.5 Å². The summed E-state index contributed by atoms with van der Waals surface area (Å²) in [6.45, 7) is 2.17. The van der Waals surface area contributed by atoms with Gasteiger partial charge >= 0.3 is 5.69 Å². The van der Waals surface area contributed by atoms with Gasteiger partial charge in [0.1, 0.15) is 11.5 Å². The maximum Gasteiger partial charge on any atom is 0.330 e. The van der Waals surface area contributed by atoms with Gasteiger partial charge in [-0.05, 0) is 30.5 Å². The van der Waals surface area contributed by atoms with Crippen LogP contribution in [0.1, 0.15) is 18.1 Å². The molecule has 1 aliphatic heterocycles. The second-order valence-corrected chi connectivity index (χ2v) is 7.87. The van der Waals surface area contributed by atoms with Gasteiger partial charge in [-0.15, -0.1) is 0 Å². The molecule has 8 heteroatoms. The molecule has 160 valence electrons. The lowest BCUT2D eigenvalue weighted by Gasteiger charge is -2.27. The highest BCUT2D eigenvalue weighted by Gasteiger charge is 2.31. The predicted octanol–water partition coefficient (Wildman–Crippen LogP) is 1.58. The van der Waals surface area contributed by atoms with Crippen LogP contribution in [0.4, 0.5) is 17.2 Å². The topological polar surface area (TPSA) is 104 Å². The Hall–Kier alpha value is -3.81. The minimum Gasteiger partial charge on any atom is -0.383 e. The molecule has 0 radical (unpaired) electrons. The number of carbonyl (C=O) groups excluding carboxylic acids is 1. The monoisotopic (exact) mass is 419 g/mol. The van der Waals surface area contributed by atoms with Crippen molar-refractivity contribution in [2.45, 2.75) is 25.9 Å². The van der Waals surface area contributed by atoms with E-state index >= 15 is 0 Å². The fraction of sp³-hybridized carbons (Fsp3) is 0.261. The zero-order valence-corrected chi connectivity index (χ0v) is 17.5. The van der Waals surface area contributed by atoms with Gasteiger partial charge in [-0.25, -0.2) is 4.79 Å². The van der Waals surface area contributed by atoms with Gasteiger partial charge < -0.3 is 15.5 Å². The zero-order chi connectivity index (χ0) is 22.1. The SMILES string of the molecule is CC1Cc2ccccc2N1C(=O)CN(C)c1c(N)n(Cc2ccccc2)c(=O)[nH]c1=O. The highest BCUT2D eigenvalue weighted by atomic mass is 16.2. The molecule has 1 aliphatic rings. The molecule has 3 aromatic rings. The van der Waals surface area contributed by atoms with Crippen molar-refractivity contribution >= 4 is 23.1 Å². The van der Waals surface area contributed by atoms with E-state index in [2.05, 4.69) is 4.98 Å². The lowest BCUT2D eigenvalue weighted by atomic mass is 10.1. The summed E-state index contributed by atoms with van der Waals surface area (Å²) in [4.78, 5) is 43.7. The molecule has 31 heavy (non-hydrogen) atoms. The third-order valence-electron chi connectivity index (χ3n) is 5.63. The molecule has 8 nitrogen and oxygen atoms in total. The molecule has 0 saturated carbocycles. The van der Waals surface area contributed by atoms with Gasteiger partial charge in [-0.3, -0.25) is 19.1 Å². The van der Waals surface area contributed by atoms with Gasteiger partial charge in [-0.1, -0.05) is 48.5 Å². The van der Waals surface area contributed by atoms with Gasteiger partial charge in [0.05, 0.1) is 13.1 Å². The Morgan fingerprint density at radius 1 is 1.13 bits per heavy atom. The van der Waals surface area contributed by atoms with Gasteiger partial charge in [0.25, 0.3) is 5.56 Å². The van der Waals surface area contributed by atoms with E-state index in [1.807, 2.05) is 61.5 Å². The highest BCUT2D eigenvalue weighted by molar-refractivity contribution is 5.99. The summed E-state index contributed by atoms with van der Waals surface area (Å²) in [7, 11) is 1.63. The smallest absolute Gasteiger partial charge is 0.330 e. The number of aromatic nitrogens is 2. The number of hydrogen-bond acceptors (Lipinski definition) is 5. The van der Waals surface area contributed by atoms with E-state index in [4.69, 9.17) is 5.73 Å². The molecular weight excluding hydrogens is 394 g/mol. The van der Waals surface area contributed by atoms with Crippen LogP contribution < -0.4 is 26.8 Å². The van der Waals surface area contributed by atoms with E-state index < -0.39 is 11.2 Å². The van der Waals surface area contributed by atoms with Crippen molar-refractivity contribution in [1.82, 2.24) is 9.55 Å². The Balaban J connectivity index is 1.62. The van der Waals surface area contributed by atoms with E-state index in [9.17, 15) is 14.4 Å². The zero-order valence-electron chi connectivity index (χ0n) is 17.5. The molecule has 0 bridgehead atoms. The number of fused-ring (bicyclic) bond motifs is 1. The average molecular weight is 419 g/mol. The number of amides is 1. The van der Waals surface area contributed by atoms with Gasteiger partial charge in [0.15, 0.2) is 0 Å². The Bertz CT molecular complexity index is 1230. The molecular formula is C23H25N5O3. The average Bonchev–Trinajstić information content (AvgIpc) is 3.07. The summed E-state index contributed by atoms with van der Waals surface area (Å²) in [5.74, 6) is -0.109. The lowest BCUT2D eigenvalue weighted by Crippen LogP contribution is -2.44. The highest BCUT2D eigenvalue weighted by Crippen LogP contribution is 2.32. The van der Waals surface area contributed by atoms with Crippen LogP contribution in [-0.2, 0) is 17.8 Å². The fourth-order valence-electron chi connectivity index (χ4n) is 4.17. The van der Waals surface area contributed by atoms with E-state index in [1.165, 1.54) is 9.47 Å². The number of nitrogens with zero attached hydrogens (tertiary/aromatic N) is 3. The number of benzene rings is 2. The summed E-state index contributed by atoms with van der Waals surface area (Å²) >= 11 is 0. The summed E-state index contributed by atoms with van der Waals surface area (Å²) in [5, 5.41) is 0. The van der Waals surface area contributed by atoms with Crippen LogP contribution in [-0.4, -0.2) is 35.1 Å². The van der Waals surface area contributed by atoms with Crippen LogP contribution >= 0.6 is 0 Å². The third kappa shape index (κ3) is 3.84. The second kappa shape index (κ2) is 8.14. The first-order valence-corrected chi connectivity index (χ1v) is 10.1. The van der Waals surface area contributed by atoms with Crippen molar-refractivity contribution in [2.24, 2.45) is 0 Å². The summed E-state index contributed by atoms with van der Waals surface area (Å²) in [6.07, 6.45) is 0.788. The molecule has 0 saturated heterocycles. The summed E-state index contributed by atoms with van der Waals surface area (Å²) < 4.78 is 1.31. The number of para-hydroxylation sites is 1.